The van der Waals surface area contributed by atoms with E-state index < -0.39 is 5.97 Å². The standard InChI is InChI=1S/C15H9BrCl2O2/c16-11-4-1-10(2-5-11)3-8-15(19)20-14-7-6-12(17)9-13(14)18/h1-9H/b8-3+. The lowest BCUT2D eigenvalue weighted by atomic mass is 10.2. The van der Waals surface area contributed by atoms with E-state index in [1.165, 1.54) is 12.1 Å². The molecule has 0 radical (unpaired) electrons. The minimum absolute atomic E-state index is 0.279. The molecule has 0 bridgehead atoms. The van der Waals surface area contributed by atoms with Crippen LogP contribution in [-0.2, 0) is 4.79 Å². The molecule has 2 rings (SSSR count). The van der Waals surface area contributed by atoms with Crippen LogP contribution in [0.1, 0.15) is 5.56 Å². The molecule has 0 N–H and O–H groups in total. The van der Waals surface area contributed by atoms with Gasteiger partial charge in [0.15, 0.2) is 0 Å². The van der Waals surface area contributed by atoms with Crippen LogP contribution in [0, 0.1) is 0 Å². The van der Waals surface area contributed by atoms with Crippen LogP contribution >= 0.6 is 39.1 Å². The molecule has 0 fully saturated rings. The number of hydrogen-bond acceptors (Lipinski definition) is 2. The molecule has 2 aromatic rings. The molecule has 0 aliphatic carbocycles. The van der Waals surface area contributed by atoms with Crippen molar-refractivity contribution in [2.75, 3.05) is 0 Å². The van der Waals surface area contributed by atoms with Crippen molar-refractivity contribution in [1.29, 1.82) is 0 Å². The summed E-state index contributed by atoms with van der Waals surface area (Å²) in [6.45, 7) is 0. The van der Waals surface area contributed by atoms with E-state index in [2.05, 4.69) is 15.9 Å². The largest absolute Gasteiger partial charge is 0.422 e. The highest BCUT2D eigenvalue weighted by atomic mass is 79.9. The average molecular weight is 372 g/mol. The van der Waals surface area contributed by atoms with Crippen LogP contribution < -0.4 is 4.74 Å². The fourth-order valence-corrected chi connectivity index (χ4v) is 2.15. The summed E-state index contributed by atoms with van der Waals surface area (Å²) in [6.07, 6.45) is 3.01. The molecule has 0 aromatic heterocycles. The van der Waals surface area contributed by atoms with Crippen LogP contribution in [0.15, 0.2) is 53.0 Å². The number of benzene rings is 2. The van der Waals surface area contributed by atoms with Crippen LogP contribution in [0.3, 0.4) is 0 Å². The maximum atomic E-state index is 11.7. The Kier molecular flexibility index (Phi) is 5.24. The predicted octanol–water partition coefficient (Wildman–Crippen LogP) is 5.37. The van der Waals surface area contributed by atoms with Crippen molar-refractivity contribution in [3.8, 4) is 5.75 Å². The second-order valence-electron chi connectivity index (χ2n) is 3.88. The molecule has 0 atom stereocenters. The van der Waals surface area contributed by atoms with Crippen LogP contribution in [0.5, 0.6) is 5.75 Å². The molecule has 0 saturated heterocycles. The van der Waals surface area contributed by atoms with Gasteiger partial charge >= 0.3 is 5.97 Å². The van der Waals surface area contributed by atoms with E-state index >= 15 is 0 Å². The van der Waals surface area contributed by atoms with Gasteiger partial charge < -0.3 is 4.74 Å². The molecule has 0 aliphatic heterocycles. The summed E-state index contributed by atoms with van der Waals surface area (Å²) in [5.41, 5.74) is 0.896. The summed E-state index contributed by atoms with van der Waals surface area (Å²) in [6, 6.07) is 12.2. The van der Waals surface area contributed by atoms with Crippen molar-refractivity contribution in [3.05, 3.63) is 68.6 Å². The topological polar surface area (TPSA) is 26.3 Å². The van der Waals surface area contributed by atoms with Crippen LogP contribution in [-0.4, -0.2) is 5.97 Å². The van der Waals surface area contributed by atoms with Gasteiger partial charge in [0.1, 0.15) is 5.75 Å². The van der Waals surface area contributed by atoms with Gasteiger partial charge in [-0.3, -0.25) is 0 Å². The Morgan fingerprint density at radius 3 is 2.45 bits per heavy atom. The number of carbonyl (C=O) groups excluding carboxylic acids is 1. The molecule has 0 amide bonds. The van der Waals surface area contributed by atoms with Crippen molar-refractivity contribution >= 4 is 51.2 Å². The Hall–Kier alpha value is -1.29. The number of carbonyl (C=O) groups is 1. The predicted molar refractivity (Wildman–Crippen MR) is 85.3 cm³/mol. The number of hydrogen-bond donors (Lipinski definition) is 0. The Balaban J connectivity index is 2.03. The van der Waals surface area contributed by atoms with Gasteiger partial charge in [0.05, 0.1) is 5.02 Å². The first kappa shape index (κ1) is 15.1. The number of halogens is 3. The fraction of sp³-hybridized carbons (Fsp3) is 0. The summed E-state index contributed by atoms with van der Waals surface area (Å²) < 4.78 is 6.10. The fourth-order valence-electron chi connectivity index (χ4n) is 1.44. The highest BCUT2D eigenvalue weighted by molar-refractivity contribution is 9.10. The lowest BCUT2D eigenvalue weighted by Gasteiger charge is -2.03. The number of rotatable bonds is 3. The molecular formula is C15H9BrCl2O2. The van der Waals surface area contributed by atoms with Gasteiger partial charge in [0, 0.05) is 15.6 Å². The second-order valence-corrected chi connectivity index (χ2v) is 5.64. The Morgan fingerprint density at radius 2 is 1.80 bits per heavy atom. The zero-order valence-corrected chi connectivity index (χ0v) is 13.2. The molecular weight excluding hydrogens is 363 g/mol. The molecule has 102 valence electrons. The van der Waals surface area contributed by atoms with Crippen molar-refractivity contribution in [2.45, 2.75) is 0 Å². The monoisotopic (exact) mass is 370 g/mol. The zero-order chi connectivity index (χ0) is 14.5. The van der Waals surface area contributed by atoms with E-state index in [9.17, 15) is 4.79 Å². The summed E-state index contributed by atoms with van der Waals surface area (Å²) in [4.78, 5) is 11.7. The van der Waals surface area contributed by atoms with Gasteiger partial charge in [0.25, 0.3) is 0 Å². The third-order valence-electron chi connectivity index (χ3n) is 2.39. The highest BCUT2D eigenvalue weighted by Gasteiger charge is 2.06. The van der Waals surface area contributed by atoms with Gasteiger partial charge in [-0.05, 0) is 42.0 Å². The Bertz CT molecular complexity index is 651. The van der Waals surface area contributed by atoms with E-state index in [0.717, 1.165) is 10.0 Å². The van der Waals surface area contributed by atoms with Crippen molar-refractivity contribution < 1.29 is 9.53 Å². The summed E-state index contributed by atoms with van der Waals surface area (Å²) >= 11 is 15.0. The Morgan fingerprint density at radius 1 is 1.10 bits per heavy atom. The quantitative estimate of drug-likeness (QED) is 0.411. The normalized spacial score (nSPS) is 10.8. The first-order chi connectivity index (χ1) is 9.54. The first-order valence-corrected chi connectivity index (χ1v) is 7.20. The SMILES string of the molecule is O=C(/C=C/c1ccc(Br)cc1)Oc1ccc(Cl)cc1Cl. The summed E-state index contributed by atoms with van der Waals surface area (Å²) in [5.74, 6) is -0.223. The zero-order valence-electron chi connectivity index (χ0n) is 10.1. The maximum absolute atomic E-state index is 11.7. The van der Waals surface area contributed by atoms with Gasteiger partial charge in [-0.2, -0.15) is 0 Å². The van der Waals surface area contributed by atoms with E-state index in [1.807, 2.05) is 24.3 Å². The Labute approximate surface area is 135 Å². The molecule has 5 heteroatoms. The minimum atomic E-state index is -0.503. The molecule has 2 nitrogen and oxygen atoms in total. The van der Waals surface area contributed by atoms with Crippen LogP contribution in [0.4, 0.5) is 0 Å². The smallest absolute Gasteiger partial charge is 0.336 e. The van der Waals surface area contributed by atoms with Gasteiger partial charge in [-0.15, -0.1) is 0 Å². The van der Waals surface area contributed by atoms with Gasteiger partial charge in [0.2, 0.25) is 0 Å². The molecule has 0 saturated carbocycles. The third kappa shape index (κ3) is 4.37. The van der Waals surface area contributed by atoms with Crippen LogP contribution in [0.25, 0.3) is 6.08 Å². The summed E-state index contributed by atoms with van der Waals surface area (Å²) in [5, 5.41) is 0.781. The van der Waals surface area contributed by atoms with E-state index in [1.54, 1.807) is 18.2 Å². The molecule has 2 aromatic carbocycles. The maximum Gasteiger partial charge on any atom is 0.336 e. The van der Waals surface area contributed by atoms with Crippen LogP contribution in [0.2, 0.25) is 10.0 Å². The highest BCUT2D eigenvalue weighted by Crippen LogP contribution is 2.27. The number of ether oxygens (including phenoxy) is 1. The molecule has 20 heavy (non-hydrogen) atoms. The molecule has 0 heterocycles. The third-order valence-corrected chi connectivity index (χ3v) is 3.45. The molecule has 0 aliphatic rings. The van der Waals surface area contributed by atoms with Crippen molar-refractivity contribution in [2.24, 2.45) is 0 Å². The van der Waals surface area contributed by atoms with Crippen molar-refractivity contribution in [3.63, 3.8) is 0 Å². The average Bonchev–Trinajstić information content (AvgIpc) is 2.41. The lowest BCUT2D eigenvalue weighted by molar-refractivity contribution is -0.128. The van der Waals surface area contributed by atoms with E-state index in [-0.39, 0.29) is 5.75 Å². The van der Waals surface area contributed by atoms with E-state index in [0.29, 0.717) is 10.0 Å². The second kappa shape index (κ2) is 6.93. The van der Waals surface area contributed by atoms with E-state index in [4.69, 9.17) is 27.9 Å². The van der Waals surface area contributed by atoms with Gasteiger partial charge in [-0.1, -0.05) is 51.3 Å². The minimum Gasteiger partial charge on any atom is -0.422 e. The molecule has 0 unspecified atom stereocenters. The van der Waals surface area contributed by atoms with Crippen molar-refractivity contribution in [1.82, 2.24) is 0 Å². The summed E-state index contributed by atoms with van der Waals surface area (Å²) in [7, 11) is 0. The number of esters is 1. The first-order valence-electron chi connectivity index (χ1n) is 5.65. The van der Waals surface area contributed by atoms with Gasteiger partial charge in [-0.25, -0.2) is 4.79 Å². The lowest BCUT2D eigenvalue weighted by Crippen LogP contribution is -2.03. The molecule has 0 spiro atoms.